The van der Waals surface area contributed by atoms with E-state index >= 15 is 0 Å². The van der Waals surface area contributed by atoms with E-state index in [0.29, 0.717) is 17.4 Å². The highest BCUT2D eigenvalue weighted by atomic mass is 32.2. The van der Waals surface area contributed by atoms with E-state index in [0.717, 1.165) is 28.8 Å². The van der Waals surface area contributed by atoms with Crippen molar-refractivity contribution >= 4 is 10.0 Å². The second kappa shape index (κ2) is 11.0. The number of pyridine rings is 1. The number of aliphatic hydroxyl groups is 1. The number of rotatable bonds is 9. The summed E-state index contributed by atoms with van der Waals surface area (Å²) in [6, 6.07) is 7.25. The Kier molecular flexibility index (Phi) is 7.91. The highest BCUT2D eigenvalue weighted by Crippen LogP contribution is 2.34. The minimum absolute atomic E-state index is 0.0697. The Bertz CT molecular complexity index is 1540. The molecule has 11 heteroatoms. The topological polar surface area (TPSA) is 132 Å². The lowest BCUT2D eigenvalue weighted by atomic mass is 10.1. The summed E-state index contributed by atoms with van der Waals surface area (Å²) >= 11 is 0. The Morgan fingerprint density at radius 3 is 2.39 bits per heavy atom. The van der Waals surface area contributed by atoms with Gasteiger partial charge in [-0.3, -0.25) is 9.67 Å². The summed E-state index contributed by atoms with van der Waals surface area (Å²) in [6.45, 7) is 12.3. The maximum Gasteiger partial charge on any atom is 0.262 e. The zero-order valence-corrected chi connectivity index (χ0v) is 23.1. The third-order valence-corrected chi connectivity index (χ3v) is 7.27. The number of hydrogen-bond acceptors (Lipinski definition) is 8. The van der Waals surface area contributed by atoms with Crippen LogP contribution < -0.4 is 9.46 Å². The Labute approximate surface area is 222 Å². The third kappa shape index (κ3) is 6.07. The Hall–Kier alpha value is -3.67. The molecule has 0 amide bonds. The van der Waals surface area contributed by atoms with E-state index in [-0.39, 0.29) is 22.2 Å². The van der Waals surface area contributed by atoms with Gasteiger partial charge < -0.3 is 9.84 Å². The Balaban J connectivity index is 1.75. The SMILES string of the molecule is Cc1cc(C)c(Oc2nc(-c3cnn(CC(C)C)c3)ccc2C(O)NS(=O)(=O)c2nccnc2C)c(C)c1. The predicted molar refractivity (Wildman–Crippen MR) is 143 cm³/mol. The third-order valence-electron chi connectivity index (χ3n) is 5.83. The lowest BCUT2D eigenvalue weighted by Crippen LogP contribution is -2.30. The number of nitrogens with one attached hydrogen (secondary N) is 1. The molecule has 0 aliphatic heterocycles. The van der Waals surface area contributed by atoms with Crippen LogP contribution >= 0.6 is 0 Å². The average molecular weight is 537 g/mol. The second-order valence-electron chi connectivity index (χ2n) is 9.74. The van der Waals surface area contributed by atoms with Gasteiger partial charge >= 0.3 is 0 Å². The molecule has 0 aliphatic carbocycles. The smallest absolute Gasteiger partial charge is 0.262 e. The molecule has 200 valence electrons. The van der Waals surface area contributed by atoms with Gasteiger partial charge in [-0.2, -0.15) is 9.82 Å². The van der Waals surface area contributed by atoms with Gasteiger partial charge in [-0.05, 0) is 56.9 Å². The van der Waals surface area contributed by atoms with Gasteiger partial charge in [-0.15, -0.1) is 0 Å². The van der Waals surface area contributed by atoms with Gasteiger partial charge in [0.05, 0.1) is 23.1 Å². The molecule has 1 atom stereocenters. The van der Waals surface area contributed by atoms with Crippen molar-refractivity contribution < 1.29 is 18.3 Å². The molecule has 1 unspecified atom stereocenters. The quantitative estimate of drug-likeness (QED) is 0.301. The van der Waals surface area contributed by atoms with E-state index in [1.165, 1.54) is 19.3 Å². The van der Waals surface area contributed by atoms with E-state index in [9.17, 15) is 13.5 Å². The molecule has 4 rings (SSSR count). The molecule has 38 heavy (non-hydrogen) atoms. The van der Waals surface area contributed by atoms with Crippen LogP contribution in [0.3, 0.4) is 0 Å². The summed E-state index contributed by atoms with van der Waals surface area (Å²) in [6.07, 6.45) is 4.62. The van der Waals surface area contributed by atoms with Gasteiger partial charge in [0, 0.05) is 30.7 Å². The van der Waals surface area contributed by atoms with Gasteiger partial charge in [0.25, 0.3) is 10.0 Å². The summed E-state index contributed by atoms with van der Waals surface area (Å²) in [5.74, 6) is 1.07. The van der Waals surface area contributed by atoms with Crippen molar-refractivity contribution in [2.45, 2.75) is 59.3 Å². The summed E-state index contributed by atoms with van der Waals surface area (Å²) < 4.78 is 36.3. The number of nitrogens with zero attached hydrogens (tertiary/aromatic N) is 5. The van der Waals surface area contributed by atoms with Crippen molar-refractivity contribution in [2.24, 2.45) is 5.92 Å². The molecular formula is C27H32N6O4S. The zero-order valence-electron chi connectivity index (χ0n) is 22.3. The molecule has 0 aliphatic rings. The van der Waals surface area contributed by atoms with Crippen molar-refractivity contribution in [3.63, 3.8) is 0 Å². The fourth-order valence-corrected chi connectivity index (χ4v) is 5.39. The monoisotopic (exact) mass is 536 g/mol. The molecule has 1 aromatic carbocycles. The molecule has 3 heterocycles. The highest BCUT2D eigenvalue weighted by Gasteiger charge is 2.27. The fourth-order valence-electron chi connectivity index (χ4n) is 4.22. The van der Waals surface area contributed by atoms with Crippen LogP contribution in [0, 0.1) is 33.6 Å². The number of ether oxygens (including phenoxy) is 1. The van der Waals surface area contributed by atoms with E-state index in [4.69, 9.17) is 4.74 Å². The lowest BCUT2D eigenvalue weighted by Gasteiger charge is -2.19. The van der Waals surface area contributed by atoms with Crippen molar-refractivity contribution in [1.29, 1.82) is 0 Å². The van der Waals surface area contributed by atoms with Crippen LogP contribution in [0.25, 0.3) is 11.3 Å². The van der Waals surface area contributed by atoms with Crippen molar-refractivity contribution in [2.75, 3.05) is 0 Å². The van der Waals surface area contributed by atoms with Crippen LogP contribution in [0.2, 0.25) is 0 Å². The van der Waals surface area contributed by atoms with E-state index in [1.54, 1.807) is 18.3 Å². The predicted octanol–water partition coefficient (Wildman–Crippen LogP) is 4.39. The van der Waals surface area contributed by atoms with Gasteiger partial charge in [0.1, 0.15) is 12.0 Å². The second-order valence-corrected chi connectivity index (χ2v) is 11.4. The van der Waals surface area contributed by atoms with Gasteiger partial charge in [0.2, 0.25) is 5.88 Å². The molecule has 3 aromatic heterocycles. The Morgan fingerprint density at radius 2 is 1.74 bits per heavy atom. The summed E-state index contributed by atoms with van der Waals surface area (Å²) in [5.41, 5.74) is 4.55. The van der Waals surface area contributed by atoms with E-state index in [1.807, 2.05) is 43.8 Å². The molecule has 0 radical (unpaired) electrons. The summed E-state index contributed by atoms with van der Waals surface area (Å²) in [4.78, 5) is 12.6. The first kappa shape index (κ1) is 27.4. The van der Waals surface area contributed by atoms with Gasteiger partial charge in [-0.1, -0.05) is 31.5 Å². The van der Waals surface area contributed by atoms with Gasteiger partial charge in [0.15, 0.2) is 5.03 Å². The number of aliphatic hydroxyl groups excluding tert-OH is 1. The van der Waals surface area contributed by atoms with Crippen LogP contribution in [-0.2, 0) is 16.6 Å². The molecule has 0 saturated carbocycles. The van der Waals surface area contributed by atoms with Crippen LogP contribution in [0.15, 0.2) is 54.1 Å². The van der Waals surface area contributed by atoms with Crippen molar-refractivity contribution in [1.82, 2.24) is 29.5 Å². The molecule has 0 spiro atoms. The lowest BCUT2D eigenvalue weighted by molar-refractivity contribution is 0.162. The van der Waals surface area contributed by atoms with Crippen LogP contribution in [0.5, 0.6) is 11.6 Å². The number of sulfonamides is 1. The molecule has 0 fully saturated rings. The highest BCUT2D eigenvalue weighted by molar-refractivity contribution is 7.89. The average Bonchev–Trinajstić information content (AvgIpc) is 3.29. The van der Waals surface area contributed by atoms with Crippen LogP contribution in [0.4, 0.5) is 0 Å². The maximum atomic E-state index is 13.0. The first-order valence-electron chi connectivity index (χ1n) is 12.2. The maximum absolute atomic E-state index is 13.0. The number of aromatic nitrogens is 5. The molecule has 0 bridgehead atoms. The zero-order chi connectivity index (χ0) is 27.6. The van der Waals surface area contributed by atoms with E-state index in [2.05, 4.69) is 38.6 Å². The summed E-state index contributed by atoms with van der Waals surface area (Å²) in [7, 11) is -4.19. The van der Waals surface area contributed by atoms with Crippen molar-refractivity contribution in [3.8, 4) is 22.9 Å². The molecule has 0 saturated heterocycles. The normalized spacial score (nSPS) is 12.6. The first-order valence-corrected chi connectivity index (χ1v) is 13.7. The summed E-state index contributed by atoms with van der Waals surface area (Å²) in [5, 5.41) is 15.2. The number of hydrogen-bond donors (Lipinski definition) is 2. The minimum atomic E-state index is -4.19. The van der Waals surface area contributed by atoms with Gasteiger partial charge in [-0.25, -0.2) is 18.4 Å². The largest absolute Gasteiger partial charge is 0.438 e. The first-order chi connectivity index (χ1) is 17.9. The minimum Gasteiger partial charge on any atom is -0.438 e. The van der Waals surface area contributed by atoms with Crippen LogP contribution in [-0.4, -0.2) is 38.3 Å². The fraction of sp³-hybridized carbons (Fsp3) is 0.333. The molecule has 2 N–H and O–H groups in total. The molecule has 10 nitrogen and oxygen atoms in total. The molecule has 4 aromatic rings. The van der Waals surface area contributed by atoms with E-state index < -0.39 is 16.3 Å². The number of benzene rings is 1. The Morgan fingerprint density at radius 1 is 1.05 bits per heavy atom. The van der Waals surface area contributed by atoms with Crippen LogP contribution in [0.1, 0.15) is 48.0 Å². The van der Waals surface area contributed by atoms with Crippen molar-refractivity contribution in [3.05, 3.63) is 77.0 Å². The standard InChI is InChI=1S/C27H32N6O4S/c1-16(2)14-33-15-21(13-30-33)23-8-7-22(25(34)32-38(35,36)27-20(6)28-9-10-29-27)26(31-23)37-24-18(4)11-17(3)12-19(24)5/h7-13,15-16,25,32,34H,14H2,1-6H3. The molecular weight excluding hydrogens is 504 g/mol. The number of aryl methyl sites for hydroxylation is 4.